The Labute approximate surface area is 243 Å². The normalized spacial score (nSPS) is 11.6. The molecule has 2 aromatic rings. The highest BCUT2D eigenvalue weighted by atomic mass is 16.5. The molecule has 1 aromatic carbocycles. The average Bonchev–Trinajstić information content (AvgIpc) is 2.93. The van der Waals surface area contributed by atoms with E-state index in [1.165, 1.54) is 43.3 Å². The third-order valence-corrected chi connectivity index (χ3v) is 7.15. The first-order valence-corrected chi connectivity index (χ1v) is 15.8. The molecule has 1 aromatic heterocycles. The number of hydrogen-bond acceptors (Lipinski definition) is 4. The van der Waals surface area contributed by atoms with Gasteiger partial charge in [0.1, 0.15) is 12.4 Å². The minimum Gasteiger partial charge on any atom is -0.494 e. The van der Waals surface area contributed by atoms with Crippen molar-refractivity contribution in [1.29, 1.82) is 0 Å². The summed E-state index contributed by atoms with van der Waals surface area (Å²) >= 11 is 0. The first kappa shape index (κ1) is 33.5. The van der Waals surface area contributed by atoms with Crippen molar-refractivity contribution in [1.82, 2.24) is 4.57 Å². The van der Waals surface area contributed by atoms with Crippen molar-refractivity contribution in [3.05, 3.63) is 51.9 Å². The Hall–Kier alpha value is -2.69. The Balaban J connectivity index is 2.36. The van der Waals surface area contributed by atoms with Gasteiger partial charge in [0.25, 0.3) is 5.56 Å². The van der Waals surface area contributed by atoms with E-state index in [-0.39, 0.29) is 5.56 Å². The average molecular weight is 554 g/mol. The molecule has 0 fully saturated rings. The molecule has 5 nitrogen and oxygen atoms in total. The van der Waals surface area contributed by atoms with Crippen molar-refractivity contribution in [2.75, 3.05) is 19.8 Å². The van der Waals surface area contributed by atoms with E-state index < -0.39 is 0 Å². The van der Waals surface area contributed by atoms with Gasteiger partial charge >= 0.3 is 0 Å². The summed E-state index contributed by atoms with van der Waals surface area (Å²) in [6, 6.07) is 6.03. The molecular formula is C35H55NO4. The van der Waals surface area contributed by atoms with Crippen molar-refractivity contribution in [3.8, 4) is 17.2 Å². The van der Waals surface area contributed by atoms with Crippen molar-refractivity contribution in [2.45, 2.75) is 125 Å². The van der Waals surface area contributed by atoms with Gasteiger partial charge < -0.3 is 18.8 Å². The zero-order valence-electron chi connectivity index (χ0n) is 26.3. The number of ether oxygens (including phenoxy) is 3. The van der Waals surface area contributed by atoms with Crippen LogP contribution in [0.2, 0.25) is 0 Å². The van der Waals surface area contributed by atoms with Crippen molar-refractivity contribution in [2.24, 2.45) is 0 Å². The molecule has 1 heterocycles. The molecule has 2 rings (SSSR count). The standard InChI is InChI=1S/C35H55NO4/c1-7-10-13-14-15-16-25-38-30-20-21-31-32(27-30)36(23-11-8-2)35(37)34(39-24-12-9-3)33(31)40-26-22-29(6)19-17-18-28(4)5/h18,20-22,27H,7-17,19,23-26H2,1-6H3/b29-22+. The summed E-state index contributed by atoms with van der Waals surface area (Å²) < 4.78 is 20.4. The Morgan fingerprint density at radius 3 is 2.20 bits per heavy atom. The Bertz CT molecular complexity index is 1120. The van der Waals surface area contributed by atoms with Crippen LogP contribution in [-0.4, -0.2) is 24.4 Å². The van der Waals surface area contributed by atoms with Crippen LogP contribution >= 0.6 is 0 Å². The van der Waals surface area contributed by atoms with Gasteiger partial charge in [-0.25, -0.2) is 0 Å². The van der Waals surface area contributed by atoms with Crippen molar-refractivity contribution < 1.29 is 14.2 Å². The van der Waals surface area contributed by atoms with Gasteiger partial charge in [-0.15, -0.1) is 0 Å². The smallest absolute Gasteiger partial charge is 0.297 e. The summed E-state index contributed by atoms with van der Waals surface area (Å²) in [7, 11) is 0. The lowest BCUT2D eigenvalue weighted by atomic mass is 10.1. The third kappa shape index (κ3) is 11.4. The molecule has 0 radical (unpaired) electrons. The highest BCUT2D eigenvalue weighted by Crippen LogP contribution is 2.35. The summed E-state index contributed by atoms with van der Waals surface area (Å²) in [6.45, 7) is 15.1. The van der Waals surface area contributed by atoms with Crippen molar-refractivity contribution in [3.63, 3.8) is 0 Å². The van der Waals surface area contributed by atoms with Crippen LogP contribution < -0.4 is 19.8 Å². The van der Waals surface area contributed by atoms with E-state index in [4.69, 9.17) is 14.2 Å². The number of aryl methyl sites for hydroxylation is 1. The number of fused-ring (bicyclic) bond motifs is 1. The summed E-state index contributed by atoms with van der Waals surface area (Å²) in [5.74, 6) is 1.67. The Morgan fingerprint density at radius 1 is 0.775 bits per heavy atom. The van der Waals surface area contributed by atoms with Gasteiger partial charge in [0.05, 0.1) is 18.7 Å². The lowest BCUT2D eigenvalue weighted by Crippen LogP contribution is -2.24. The fourth-order valence-corrected chi connectivity index (χ4v) is 4.63. The number of rotatable bonds is 21. The fraction of sp³-hybridized carbons (Fsp3) is 0.629. The molecule has 0 aliphatic carbocycles. The molecule has 0 aliphatic heterocycles. The monoisotopic (exact) mass is 553 g/mol. The molecule has 0 bridgehead atoms. The lowest BCUT2D eigenvalue weighted by Gasteiger charge is -2.19. The third-order valence-electron chi connectivity index (χ3n) is 7.15. The first-order chi connectivity index (χ1) is 19.4. The summed E-state index contributed by atoms with van der Waals surface area (Å²) in [6.07, 6.45) is 17.5. The quantitative estimate of drug-likeness (QED) is 0.114. The van der Waals surface area contributed by atoms with Gasteiger partial charge in [0, 0.05) is 18.0 Å². The Kier molecular flexibility index (Phi) is 16.3. The zero-order chi connectivity index (χ0) is 29.2. The van der Waals surface area contributed by atoms with Crippen LogP contribution in [-0.2, 0) is 6.54 Å². The predicted octanol–water partition coefficient (Wildman–Crippen LogP) is 9.79. The lowest BCUT2D eigenvalue weighted by molar-refractivity contribution is 0.274. The Morgan fingerprint density at radius 2 is 1.48 bits per heavy atom. The number of nitrogens with zero attached hydrogens (tertiary/aromatic N) is 1. The van der Waals surface area contributed by atoms with E-state index in [1.54, 1.807) is 0 Å². The molecule has 0 unspecified atom stereocenters. The number of aromatic nitrogens is 1. The van der Waals surface area contributed by atoms with E-state index >= 15 is 0 Å². The number of pyridine rings is 1. The molecule has 0 saturated carbocycles. The van der Waals surface area contributed by atoms with E-state index in [1.807, 2.05) is 22.8 Å². The van der Waals surface area contributed by atoms with Crippen LogP contribution in [0, 0.1) is 0 Å². The topological polar surface area (TPSA) is 49.7 Å². The van der Waals surface area contributed by atoms with E-state index in [0.29, 0.717) is 37.9 Å². The highest BCUT2D eigenvalue weighted by molar-refractivity contribution is 5.89. The maximum Gasteiger partial charge on any atom is 0.297 e. The molecule has 0 atom stereocenters. The van der Waals surface area contributed by atoms with Gasteiger partial charge in [0.15, 0.2) is 5.75 Å². The van der Waals surface area contributed by atoms with E-state index in [0.717, 1.165) is 61.6 Å². The molecule has 0 aliphatic rings. The summed E-state index contributed by atoms with van der Waals surface area (Å²) in [4.78, 5) is 13.8. The molecule has 40 heavy (non-hydrogen) atoms. The second-order valence-electron chi connectivity index (χ2n) is 11.1. The minimum atomic E-state index is -0.121. The fourth-order valence-electron chi connectivity index (χ4n) is 4.63. The number of unbranched alkanes of at least 4 members (excludes halogenated alkanes) is 7. The zero-order valence-corrected chi connectivity index (χ0v) is 26.3. The van der Waals surface area contributed by atoms with Gasteiger partial charge in [-0.2, -0.15) is 0 Å². The number of hydrogen-bond donors (Lipinski definition) is 0. The van der Waals surface area contributed by atoms with Gasteiger partial charge in [-0.1, -0.05) is 82.9 Å². The largest absolute Gasteiger partial charge is 0.494 e. The second kappa shape index (κ2) is 19.4. The maximum atomic E-state index is 13.8. The van der Waals surface area contributed by atoms with Crippen LogP contribution in [0.25, 0.3) is 10.9 Å². The SMILES string of the molecule is CCCCCCCCOc1ccc2c(OC/C=C(\C)CCC=C(C)C)c(OCCCC)c(=O)n(CCCC)c2c1. The molecule has 5 heteroatoms. The first-order valence-electron chi connectivity index (χ1n) is 15.8. The van der Waals surface area contributed by atoms with Gasteiger partial charge in [0.2, 0.25) is 5.75 Å². The number of allylic oxidation sites excluding steroid dienone is 3. The van der Waals surface area contributed by atoms with E-state index in [2.05, 4.69) is 53.7 Å². The molecule has 0 N–H and O–H groups in total. The number of benzene rings is 1. The van der Waals surface area contributed by atoms with Crippen LogP contribution in [0.5, 0.6) is 17.2 Å². The highest BCUT2D eigenvalue weighted by Gasteiger charge is 2.20. The van der Waals surface area contributed by atoms with Crippen molar-refractivity contribution >= 4 is 10.9 Å². The molecule has 0 spiro atoms. The predicted molar refractivity (Wildman–Crippen MR) is 170 cm³/mol. The van der Waals surface area contributed by atoms with E-state index in [9.17, 15) is 4.79 Å². The van der Waals surface area contributed by atoms with Crippen LogP contribution in [0.4, 0.5) is 0 Å². The van der Waals surface area contributed by atoms with Crippen LogP contribution in [0.3, 0.4) is 0 Å². The van der Waals surface area contributed by atoms with Gasteiger partial charge in [-0.05, 0) is 71.1 Å². The van der Waals surface area contributed by atoms with Crippen LogP contribution in [0.15, 0.2) is 46.3 Å². The summed E-state index contributed by atoms with van der Waals surface area (Å²) in [5.41, 5.74) is 3.34. The van der Waals surface area contributed by atoms with Gasteiger partial charge in [-0.3, -0.25) is 4.79 Å². The van der Waals surface area contributed by atoms with Crippen LogP contribution in [0.1, 0.15) is 119 Å². The maximum absolute atomic E-state index is 13.8. The molecule has 0 saturated heterocycles. The minimum absolute atomic E-state index is 0.121. The summed E-state index contributed by atoms with van der Waals surface area (Å²) in [5, 5.41) is 0.893. The molecular weight excluding hydrogens is 498 g/mol. The molecule has 0 amide bonds. The molecule has 224 valence electrons. The second-order valence-corrected chi connectivity index (χ2v) is 11.1.